The molecule has 0 aliphatic rings. The maximum atomic E-state index is 11.7. The molecule has 0 fully saturated rings. The molecule has 4 N–H and O–H groups in total. The fraction of sp³-hybridized carbons (Fsp3) is 0.878. The first kappa shape index (κ1) is 56.4. The van der Waals surface area contributed by atoms with E-state index >= 15 is 0 Å². The number of rotatable bonds is 33. The molecule has 0 radical (unpaired) electrons. The maximum Gasteiger partial charge on any atom is 0.305 e. The van der Waals surface area contributed by atoms with Crippen LogP contribution in [0.4, 0.5) is 0 Å². The van der Waals surface area contributed by atoms with E-state index in [9.17, 15) is 19.2 Å². The van der Waals surface area contributed by atoms with Crippen LogP contribution in [0.1, 0.15) is 194 Å². The summed E-state index contributed by atoms with van der Waals surface area (Å²) in [7, 11) is 0. The zero-order valence-corrected chi connectivity index (χ0v) is 33.7. The summed E-state index contributed by atoms with van der Waals surface area (Å²) in [5, 5.41) is 31.5. The van der Waals surface area contributed by atoms with E-state index in [1.165, 1.54) is 83.5 Å². The van der Waals surface area contributed by atoms with Crippen molar-refractivity contribution in [1.82, 2.24) is 0 Å². The lowest BCUT2D eigenvalue weighted by Crippen LogP contribution is -2.13. The van der Waals surface area contributed by atoms with Crippen LogP contribution in [0.15, 0.2) is 0 Å². The van der Waals surface area contributed by atoms with Crippen molar-refractivity contribution in [3.05, 3.63) is 6.92 Å². The lowest BCUT2D eigenvalue weighted by atomic mass is 10.0. The number of carboxylic acid groups (broad SMARTS) is 1. The highest BCUT2D eigenvalue weighted by Gasteiger charge is 2.05. The molecule has 0 aliphatic heterocycles. The van der Waals surface area contributed by atoms with Gasteiger partial charge in [0.25, 0.3) is 0 Å². The van der Waals surface area contributed by atoms with Crippen LogP contribution in [0.3, 0.4) is 0 Å². The van der Waals surface area contributed by atoms with E-state index in [1.807, 2.05) is 6.92 Å². The third-order valence-corrected chi connectivity index (χ3v) is 7.63. The van der Waals surface area contributed by atoms with Crippen LogP contribution >= 0.6 is 0 Å². The number of carbonyl (C=O) groups is 4. The number of aliphatic hydroxyl groups is 3. The summed E-state index contributed by atoms with van der Waals surface area (Å²) in [4.78, 5) is 43.5. The Labute approximate surface area is 318 Å². The van der Waals surface area contributed by atoms with Crippen molar-refractivity contribution in [2.24, 2.45) is 0 Å². The summed E-state index contributed by atoms with van der Waals surface area (Å²) in [5.74, 6) is -1.28. The summed E-state index contributed by atoms with van der Waals surface area (Å²) in [5.41, 5.74) is 0. The van der Waals surface area contributed by atoms with Crippen molar-refractivity contribution >= 4 is 23.9 Å². The Morgan fingerprint density at radius 3 is 0.962 bits per heavy atom. The molecule has 310 valence electrons. The second-order valence-corrected chi connectivity index (χ2v) is 12.8. The Morgan fingerprint density at radius 1 is 0.404 bits per heavy atom. The van der Waals surface area contributed by atoms with Gasteiger partial charge in [-0.05, 0) is 38.5 Å². The third kappa shape index (κ3) is 62.7. The van der Waals surface area contributed by atoms with Gasteiger partial charge >= 0.3 is 23.9 Å². The number of aliphatic hydroxyl groups excluding tert-OH is 3. The van der Waals surface area contributed by atoms with Crippen molar-refractivity contribution in [3.8, 4) is 0 Å². The molecule has 0 saturated carbocycles. The molecule has 11 nitrogen and oxygen atoms in total. The van der Waals surface area contributed by atoms with Crippen molar-refractivity contribution in [3.63, 3.8) is 0 Å². The molecular formula is C41H81O11+. The first-order valence-corrected chi connectivity index (χ1v) is 20.5. The van der Waals surface area contributed by atoms with E-state index in [-0.39, 0.29) is 57.5 Å². The second kappa shape index (κ2) is 53.0. The van der Waals surface area contributed by atoms with Crippen molar-refractivity contribution in [2.45, 2.75) is 194 Å². The smallest absolute Gasteiger partial charge is 0.305 e. The molecule has 0 bridgehead atoms. The van der Waals surface area contributed by atoms with E-state index in [2.05, 4.69) is 25.5 Å². The number of ether oxygens (including phenoxy) is 3. The fourth-order valence-electron chi connectivity index (χ4n) is 4.68. The maximum absolute atomic E-state index is 11.7. The van der Waals surface area contributed by atoms with Gasteiger partial charge in [-0.15, -0.1) is 0 Å². The van der Waals surface area contributed by atoms with Gasteiger partial charge < -0.3 is 34.6 Å². The number of esters is 3. The van der Waals surface area contributed by atoms with Crippen LogP contribution in [0.5, 0.6) is 0 Å². The first-order chi connectivity index (χ1) is 25.2. The molecule has 0 aromatic rings. The number of aliphatic carboxylic acids is 1. The van der Waals surface area contributed by atoms with Gasteiger partial charge in [-0.1, -0.05) is 124 Å². The molecular weight excluding hydrogens is 668 g/mol. The number of hydrogen-bond donors (Lipinski definition) is 4. The molecule has 0 aromatic heterocycles. The van der Waals surface area contributed by atoms with Gasteiger partial charge in [-0.25, -0.2) is 0 Å². The monoisotopic (exact) mass is 750 g/mol. The third-order valence-electron chi connectivity index (χ3n) is 7.63. The lowest BCUT2D eigenvalue weighted by molar-refractivity contribution is -0.152. The SMILES string of the molecule is CCCC(=O)O.CCCCCC(=O)OCCO.OCCO.[CH2+]CCCCCCCCCCCCCCCCCC(=O)OCCOC(=O)CCCCC. The van der Waals surface area contributed by atoms with Gasteiger partial charge in [0.2, 0.25) is 0 Å². The number of carboxylic acids is 1. The van der Waals surface area contributed by atoms with Crippen molar-refractivity contribution in [2.75, 3.05) is 39.6 Å². The van der Waals surface area contributed by atoms with Crippen LogP contribution in [-0.4, -0.2) is 83.9 Å². The van der Waals surface area contributed by atoms with Gasteiger partial charge in [0.1, 0.15) is 19.8 Å². The van der Waals surface area contributed by atoms with Gasteiger partial charge in [-0.2, -0.15) is 0 Å². The molecule has 0 aliphatic carbocycles. The van der Waals surface area contributed by atoms with Crippen LogP contribution < -0.4 is 0 Å². The van der Waals surface area contributed by atoms with E-state index < -0.39 is 5.97 Å². The minimum absolute atomic E-state index is 0.0838. The van der Waals surface area contributed by atoms with E-state index in [4.69, 9.17) is 29.9 Å². The predicted molar refractivity (Wildman–Crippen MR) is 209 cm³/mol. The molecule has 0 rings (SSSR count). The highest BCUT2D eigenvalue weighted by Crippen LogP contribution is 2.14. The molecule has 0 spiro atoms. The Kier molecular flexibility index (Phi) is 57.4. The lowest BCUT2D eigenvalue weighted by Gasteiger charge is -2.06. The largest absolute Gasteiger partial charge is 0.481 e. The standard InChI is InChI=1S/C27H51O4.C8H16O3.C4H8O2.C2H6O2/c1-3-5-7-8-9-10-11-12-13-14-15-16-17-18-19-21-23-27(29)31-25-24-30-26(28)22-20-6-4-2;1-2-3-4-5-8(10)11-7-6-9;1-2-3-4(5)6;3-1-2-4/h1,3-25H2,2H3;9H,2-7H2,1H3;2-3H2,1H3,(H,5,6);3-4H,1-2H2/q+1;;;. The Morgan fingerprint density at radius 2 is 0.712 bits per heavy atom. The number of unbranched alkanes of at least 4 members (excludes halogenated alkanes) is 19. The molecule has 11 heteroatoms. The van der Waals surface area contributed by atoms with Crippen LogP contribution in [0.2, 0.25) is 0 Å². The van der Waals surface area contributed by atoms with E-state index in [0.717, 1.165) is 64.2 Å². The zero-order valence-electron chi connectivity index (χ0n) is 33.7. The minimum atomic E-state index is -0.711. The Balaban J connectivity index is -0.000000442. The Hall–Kier alpha value is -2.37. The van der Waals surface area contributed by atoms with Gasteiger partial charge in [0, 0.05) is 25.7 Å². The number of carbonyl (C=O) groups excluding carboxylic acids is 3. The van der Waals surface area contributed by atoms with Crippen LogP contribution in [-0.2, 0) is 33.4 Å². The van der Waals surface area contributed by atoms with Crippen molar-refractivity contribution < 1.29 is 53.8 Å². The predicted octanol–water partition coefficient (Wildman–Crippen LogP) is 9.06. The van der Waals surface area contributed by atoms with E-state index in [0.29, 0.717) is 25.7 Å². The molecule has 52 heavy (non-hydrogen) atoms. The molecule has 0 heterocycles. The molecule has 0 amide bonds. The first-order valence-electron chi connectivity index (χ1n) is 20.5. The van der Waals surface area contributed by atoms with Gasteiger partial charge in [0.15, 0.2) is 0 Å². The van der Waals surface area contributed by atoms with Crippen LogP contribution in [0, 0.1) is 6.92 Å². The summed E-state index contributed by atoms with van der Waals surface area (Å²) in [6.45, 7) is 10.1. The summed E-state index contributed by atoms with van der Waals surface area (Å²) < 4.78 is 14.8. The van der Waals surface area contributed by atoms with Gasteiger partial charge in [0.05, 0.1) is 33.2 Å². The fourth-order valence-corrected chi connectivity index (χ4v) is 4.68. The topological polar surface area (TPSA) is 177 Å². The summed E-state index contributed by atoms with van der Waals surface area (Å²) >= 11 is 0. The van der Waals surface area contributed by atoms with Crippen molar-refractivity contribution in [1.29, 1.82) is 0 Å². The molecule has 0 unspecified atom stereocenters. The normalized spacial score (nSPS) is 10.0. The zero-order chi connectivity index (χ0) is 39.8. The summed E-state index contributed by atoms with van der Waals surface area (Å²) in [6, 6.07) is 0. The highest BCUT2D eigenvalue weighted by molar-refractivity contribution is 5.70. The van der Waals surface area contributed by atoms with Crippen LogP contribution in [0.25, 0.3) is 0 Å². The quantitative estimate of drug-likeness (QED) is 0.0218. The second-order valence-electron chi connectivity index (χ2n) is 12.8. The Bertz CT molecular complexity index is 730. The van der Waals surface area contributed by atoms with Gasteiger partial charge in [-0.3, -0.25) is 19.2 Å². The average Bonchev–Trinajstić information content (AvgIpc) is 3.13. The molecule has 0 atom stereocenters. The minimum Gasteiger partial charge on any atom is -0.481 e. The summed E-state index contributed by atoms with van der Waals surface area (Å²) in [6.07, 6.45) is 29.1. The van der Waals surface area contributed by atoms with E-state index in [1.54, 1.807) is 0 Å². The number of hydrogen-bond acceptors (Lipinski definition) is 10. The molecule has 0 aromatic carbocycles. The highest BCUT2D eigenvalue weighted by atomic mass is 16.6. The molecule has 0 saturated heterocycles. The average molecular weight is 750 g/mol.